The van der Waals surface area contributed by atoms with Crippen molar-refractivity contribution in [1.29, 1.82) is 0 Å². The number of phosphoric acid groups is 1. The van der Waals surface area contributed by atoms with Crippen LogP contribution in [-0.4, -0.2) is 73.4 Å². The number of allylic oxidation sites excluding steroid dienone is 7. The van der Waals surface area contributed by atoms with Crippen LogP contribution < -0.4 is 5.32 Å². The van der Waals surface area contributed by atoms with Crippen LogP contribution in [0.1, 0.15) is 316 Å². The van der Waals surface area contributed by atoms with Crippen molar-refractivity contribution in [3.8, 4) is 0 Å². The first-order chi connectivity index (χ1) is 36.5. The number of carbonyl (C=O) groups excluding carboxylic acids is 1. The molecule has 0 radical (unpaired) electrons. The number of quaternary nitrogens is 1. The third-order valence-electron chi connectivity index (χ3n) is 14.8. The fourth-order valence-electron chi connectivity index (χ4n) is 9.68. The van der Waals surface area contributed by atoms with Crippen LogP contribution in [-0.2, 0) is 18.4 Å². The highest BCUT2D eigenvalue weighted by Gasteiger charge is 2.27. The number of hydrogen-bond donors (Lipinski definition) is 3. The standard InChI is InChI=1S/C66H127N2O6P/c1-6-8-10-12-14-16-18-20-21-22-23-24-25-26-27-28-29-30-31-32-33-34-35-36-37-38-39-40-41-42-43-44-45-46-47-48-50-52-54-56-58-60-66(70)67-64(63-74-75(71,72)73-62-61-68(3,4)5)65(69)59-57-55-53-51-49-19-17-15-13-11-9-7-2/h18,20,22-23,49,51,57,59,64-65,69H,6-17,19,21,24-48,50,52-56,58,60-63H2,1-5H3,(H-,67,70,71,72)/p+1/b20-18-,23-22-,51-49+,59-57+. The Hall–Kier alpha value is -1.54. The average Bonchev–Trinajstić information content (AvgIpc) is 3.37. The fourth-order valence-corrected chi connectivity index (χ4v) is 10.4. The number of aliphatic hydroxyl groups is 1. The first-order valence-corrected chi connectivity index (χ1v) is 34.0. The second-order valence-corrected chi connectivity index (χ2v) is 24.9. The third-order valence-corrected chi connectivity index (χ3v) is 15.8. The molecule has 0 aliphatic carbocycles. The van der Waals surface area contributed by atoms with E-state index in [1.165, 1.54) is 250 Å². The number of nitrogens with zero attached hydrogens (tertiary/aromatic N) is 1. The van der Waals surface area contributed by atoms with Crippen LogP contribution in [0.25, 0.3) is 0 Å². The predicted octanol–water partition coefficient (Wildman–Crippen LogP) is 20.3. The van der Waals surface area contributed by atoms with E-state index < -0.39 is 20.0 Å². The number of rotatable bonds is 60. The van der Waals surface area contributed by atoms with Gasteiger partial charge < -0.3 is 19.8 Å². The molecule has 0 aromatic rings. The zero-order valence-corrected chi connectivity index (χ0v) is 51.4. The number of carbonyl (C=O) groups is 1. The van der Waals surface area contributed by atoms with Gasteiger partial charge in [0.15, 0.2) is 0 Å². The van der Waals surface area contributed by atoms with Crippen LogP contribution >= 0.6 is 7.82 Å². The Bertz CT molecular complexity index is 1360. The largest absolute Gasteiger partial charge is 0.472 e. The quantitative estimate of drug-likeness (QED) is 0.0243. The molecule has 0 bridgehead atoms. The Morgan fingerprint density at radius 3 is 1.15 bits per heavy atom. The number of amides is 1. The minimum absolute atomic E-state index is 0.0573. The summed E-state index contributed by atoms with van der Waals surface area (Å²) in [6.07, 6.45) is 77.1. The second kappa shape index (κ2) is 57.2. The van der Waals surface area contributed by atoms with Crippen molar-refractivity contribution < 1.29 is 32.9 Å². The van der Waals surface area contributed by atoms with Crippen molar-refractivity contribution in [2.45, 2.75) is 328 Å². The summed E-state index contributed by atoms with van der Waals surface area (Å²) >= 11 is 0. The molecule has 9 heteroatoms. The van der Waals surface area contributed by atoms with E-state index in [0.29, 0.717) is 17.4 Å². The molecule has 0 saturated heterocycles. The Morgan fingerprint density at radius 1 is 0.453 bits per heavy atom. The summed E-state index contributed by atoms with van der Waals surface area (Å²) in [4.78, 5) is 23.3. The van der Waals surface area contributed by atoms with E-state index in [0.717, 1.165) is 44.9 Å². The minimum atomic E-state index is -4.35. The van der Waals surface area contributed by atoms with Crippen molar-refractivity contribution in [1.82, 2.24) is 5.32 Å². The molecule has 0 aliphatic rings. The van der Waals surface area contributed by atoms with Gasteiger partial charge in [-0.1, -0.05) is 294 Å². The van der Waals surface area contributed by atoms with Crippen LogP contribution in [0.2, 0.25) is 0 Å². The monoisotopic (exact) mass is 1080 g/mol. The van der Waals surface area contributed by atoms with Crippen LogP contribution in [0.5, 0.6) is 0 Å². The maximum absolute atomic E-state index is 13.0. The summed E-state index contributed by atoms with van der Waals surface area (Å²) < 4.78 is 23.6. The molecule has 1 amide bonds. The highest BCUT2D eigenvalue weighted by Crippen LogP contribution is 2.43. The lowest BCUT2D eigenvalue weighted by Gasteiger charge is -2.25. The van der Waals surface area contributed by atoms with Crippen LogP contribution in [0.3, 0.4) is 0 Å². The highest BCUT2D eigenvalue weighted by atomic mass is 31.2. The molecular weight excluding hydrogens is 948 g/mol. The number of phosphoric ester groups is 1. The van der Waals surface area contributed by atoms with Crippen molar-refractivity contribution in [2.24, 2.45) is 0 Å². The van der Waals surface area contributed by atoms with Gasteiger partial charge in [-0.05, 0) is 64.2 Å². The molecule has 75 heavy (non-hydrogen) atoms. The van der Waals surface area contributed by atoms with E-state index in [9.17, 15) is 19.4 Å². The first-order valence-electron chi connectivity index (χ1n) is 32.5. The molecule has 0 aliphatic heterocycles. The predicted molar refractivity (Wildman–Crippen MR) is 327 cm³/mol. The summed E-state index contributed by atoms with van der Waals surface area (Å²) in [6.45, 7) is 4.79. The number of hydrogen-bond acceptors (Lipinski definition) is 5. The van der Waals surface area contributed by atoms with Gasteiger partial charge in [-0.3, -0.25) is 13.8 Å². The molecule has 442 valence electrons. The van der Waals surface area contributed by atoms with Crippen LogP contribution in [0.4, 0.5) is 0 Å². The third kappa shape index (κ3) is 60.0. The van der Waals surface area contributed by atoms with E-state index in [1.807, 2.05) is 27.2 Å². The van der Waals surface area contributed by atoms with Gasteiger partial charge in [-0.2, -0.15) is 0 Å². The van der Waals surface area contributed by atoms with E-state index in [4.69, 9.17) is 9.05 Å². The summed E-state index contributed by atoms with van der Waals surface area (Å²) in [5.74, 6) is -0.183. The van der Waals surface area contributed by atoms with Crippen molar-refractivity contribution in [2.75, 3.05) is 40.9 Å². The van der Waals surface area contributed by atoms with Gasteiger partial charge in [0.05, 0.1) is 39.9 Å². The number of unbranched alkanes of at least 4 members (excludes halogenated alkanes) is 41. The molecule has 3 atom stereocenters. The smallest absolute Gasteiger partial charge is 0.387 e. The molecule has 0 rings (SSSR count). The lowest BCUT2D eigenvalue weighted by Crippen LogP contribution is -2.45. The lowest BCUT2D eigenvalue weighted by atomic mass is 10.0. The maximum atomic E-state index is 13.0. The van der Waals surface area contributed by atoms with Crippen molar-refractivity contribution in [3.05, 3.63) is 48.6 Å². The topological polar surface area (TPSA) is 105 Å². The Kier molecular flexibility index (Phi) is 56.0. The minimum Gasteiger partial charge on any atom is -0.387 e. The van der Waals surface area contributed by atoms with Gasteiger partial charge >= 0.3 is 7.82 Å². The SMILES string of the molecule is CCCCCCC/C=C\C/C=C\CCCCCCCCCCCCCCCCCCCCCCCCCCCCCCCC(=O)NC(COP(=O)(O)OCC[N+](C)(C)C)C(O)/C=C/CC/C=C/CCCCCCCC. The Labute approximate surface area is 467 Å². The van der Waals surface area contributed by atoms with Crippen molar-refractivity contribution >= 4 is 13.7 Å². The molecule has 0 spiro atoms. The van der Waals surface area contributed by atoms with Gasteiger partial charge in [-0.25, -0.2) is 4.57 Å². The van der Waals surface area contributed by atoms with E-state index >= 15 is 0 Å². The second-order valence-electron chi connectivity index (χ2n) is 23.5. The van der Waals surface area contributed by atoms with Crippen LogP contribution in [0, 0.1) is 0 Å². The summed E-state index contributed by atoms with van der Waals surface area (Å²) in [7, 11) is 1.56. The molecule has 0 aromatic heterocycles. The number of nitrogens with one attached hydrogen (secondary N) is 1. The van der Waals surface area contributed by atoms with E-state index in [1.54, 1.807) is 6.08 Å². The first kappa shape index (κ1) is 73.5. The molecule has 0 fully saturated rings. The lowest BCUT2D eigenvalue weighted by molar-refractivity contribution is -0.870. The molecule has 3 unspecified atom stereocenters. The maximum Gasteiger partial charge on any atom is 0.472 e. The number of likely N-dealkylation sites (N-methyl/N-ethyl adjacent to an activating group) is 1. The van der Waals surface area contributed by atoms with E-state index in [2.05, 4.69) is 55.6 Å². The molecule has 0 saturated carbocycles. The fraction of sp³-hybridized carbons (Fsp3) is 0.864. The van der Waals surface area contributed by atoms with Gasteiger partial charge in [0, 0.05) is 6.42 Å². The van der Waals surface area contributed by atoms with Crippen molar-refractivity contribution in [3.63, 3.8) is 0 Å². The van der Waals surface area contributed by atoms with Gasteiger partial charge in [0.25, 0.3) is 0 Å². The van der Waals surface area contributed by atoms with Gasteiger partial charge in [-0.15, -0.1) is 0 Å². The van der Waals surface area contributed by atoms with Gasteiger partial charge in [0.2, 0.25) is 5.91 Å². The highest BCUT2D eigenvalue weighted by molar-refractivity contribution is 7.47. The van der Waals surface area contributed by atoms with Gasteiger partial charge in [0.1, 0.15) is 13.2 Å². The normalized spacial score (nSPS) is 14.1. The molecule has 0 heterocycles. The molecule has 3 N–H and O–H groups in total. The van der Waals surface area contributed by atoms with Crippen LogP contribution in [0.15, 0.2) is 48.6 Å². The number of aliphatic hydroxyl groups excluding tert-OH is 1. The molecule has 0 aromatic carbocycles. The molecule has 8 nitrogen and oxygen atoms in total. The Morgan fingerprint density at radius 2 is 0.773 bits per heavy atom. The van der Waals surface area contributed by atoms with E-state index in [-0.39, 0.29) is 19.1 Å². The zero-order valence-electron chi connectivity index (χ0n) is 50.6. The summed E-state index contributed by atoms with van der Waals surface area (Å²) in [5.41, 5.74) is 0. The zero-order chi connectivity index (χ0) is 54.9. The summed E-state index contributed by atoms with van der Waals surface area (Å²) in [5, 5.41) is 13.9. The summed E-state index contributed by atoms with van der Waals surface area (Å²) in [6, 6.07) is -0.861. The molecular formula is C66H128N2O6P+. The Balaban J connectivity index is 3.82. The average molecular weight is 1080 g/mol.